The molecule has 0 aromatic carbocycles. The van der Waals surface area contributed by atoms with Gasteiger partial charge in [-0.05, 0) is 37.6 Å². The van der Waals surface area contributed by atoms with Gasteiger partial charge in [0.2, 0.25) is 8.32 Å². The molecular formula is C12H24O2Si. The van der Waals surface area contributed by atoms with Crippen LogP contribution in [-0.2, 0) is 9.22 Å². The zero-order valence-electron chi connectivity index (χ0n) is 11.1. The van der Waals surface area contributed by atoms with Crippen molar-refractivity contribution in [1.29, 1.82) is 0 Å². The van der Waals surface area contributed by atoms with Crippen molar-refractivity contribution in [2.24, 2.45) is 0 Å². The lowest BCUT2D eigenvalue weighted by Crippen LogP contribution is -2.39. The third-order valence-corrected chi connectivity index (χ3v) is 7.21. The Labute approximate surface area is 94.8 Å². The highest BCUT2D eigenvalue weighted by Gasteiger charge is 2.38. The van der Waals surface area contributed by atoms with Crippen molar-refractivity contribution in [3.05, 3.63) is 11.8 Å². The number of Topliss-reactive ketones (excluding diaryl/α,β-unsaturated/α-hetero) is 1. The predicted octanol–water partition coefficient (Wildman–Crippen LogP) is 3.89. The van der Waals surface area contributed by atoms with Crippen molar-refractivity contribution in [2.45, 2.75) is 59.2 Å². The summed E-state index contributed by atoms with van der Waals surface area (Å²) in [6, 6.07) is 0. The van der Waals surface area contributed by atoms with Gasteiger partial charge in [-0.3, -0.25) is 4.79 Å². The fourth-order valence-corrected chi connectivity index (χ4v) is 1.71. The Morgan fingerprint density at radius 3 is 2.07 bits per heavy atom. The normalized spacial score (nSPS) is 13.9. The summed E-state index contributed by atoms with van der Waals surface area (Å²) in [5.41, 5.74) is 1.01. The van der Waals surface area contributed by atoms with Gasteiger partial charge in [-0.1, -0.05) is 20.8 Å². The molecule has 0 aromatic rings. The topological polar surface area (TPSA) is 26.3 Å². The minimum atomic E-state index is -1.71. The van der Waals surface area contributed by atoms with Crippen LogP contribution in [0.2, 0.25) is 18.1 Å². The lowest BCUT2D eigenvalue weighted by Gasteiger charge is -2.35. The smallest absolute Gasteiger partial charge is 0.249 e. The monoisotopic (exact) mass is 228 g/mol. The Morgan fingerprint density at radius 1 is 1.27 bits per heavy atom. The Morgan fingerprint density at radius 2 is 1.73 bits per heavy atom. The first-order chi connectivity index (χ1) is 6.56. The van der Waals surface area contributed by atoms with Crippen molar-refractivity contribution < 1.29 is 9.22 Å². The molecule has 0 radical (unpaired) electrons. The van der Waals surface area contributed by atoms with Gasteiger partial charge < -0.3 is 4.43 Å². The van der Waals surface area contributed by atoms with Gasteiger partial charge in [0.1, 0.15) is 5.78 Å². The summed E-state index contributed by atoms with van der Waals surface area (Å²) in [5, 5.41) is 0.208. The van der Waals surface area contributed by atoms with Crippen LogP contribution in [0.25, 0.3) is 0 Å². The van der Waals surface area contributed by atoms with Crippen LogP contribution in [0.4, 0.5) is 0 Å². The molecule has 0 aliphatic heterocycles. The third-order valence-electron chi connectivity index (χ3n) is 2.89. The number of ketones is 1. The fourth-order valence-electron chi connectivity index (χ4n) is 0.859. The molecule has 0 aliphatic carbocycles. The van der Waals surface area contributed by atoms with Gasteiger partial charge in [0.15, 0.2) is 0 Å². The molecule has 0 fully saturated rings. The molecule has 0 bridgehead atoms. The van der Waals surface area contributed by atoms with Crippen LogP contribution in [-0.4, -0.2) is 14.1 Å². The molecule has 0 spiro atoms. The molecule has 0 aliphatic rings. The zero-order valence-corrected chi connectivity index (χ0v) is 12.1. The average Bonchev–Trinajstić information content (AvgIpc) is 1.97. The molecule has 0 heterocycles. The molecule has 0 amide bonds. The van der Waals surface area contributed by atoms with E-state index in [9.17, 15) is 4.79 Å². The van der Waals surface area contributed by atoms with Crippen LogP contribution in [0.5, 0.6) is 0 Å². The Balaban J connectivity index is 4.43. The highest BCUT2D eigenvalue weighted by atomic mass is 28.4. The number of hydrogen-bond donors (Lipinski definition) is 0. The van der Waals surface area contributed by atoms with Crippen LogP contribution in [0, 0.1) is 0 Å². The van der Waals surface area contributed by atoms with Gasteiger partial charge >= 0.3 is 0 Å². The van der Waals surface area contributed by atoms with E-state index in [2.05, 4.69) is 33.9 Å². The van der Waals surface area contributed by atoms with Gasteiger partial charge in [0.05, 0.1) is 6.26 Å². The van der Waals surface area contributed by atoms with Gasteiger partial charge in [-0.25, -0.2) is 0 Å². The lowest BCUT2D eigenvalue weighted by atomic mass is 10.2. The standard InChI is InChI=1S/C12H24O2Si/c1-10(8-11(2)13)9-14-15(6,7)12(3,4)5/h9H,8H2,1-7H3/b10-9+. The Hall–Kier alpha value is -0.573. The van der Waals surface area contributed by atoms with Crippen LogP contribution >= 0.6 is 0 Å². The van der Waals surface area contributed by atoms with E-state index in [4.69, 9.17) is 4.43 Å². The molecule has 0 unspecified atom stereocenters. The highest BCUT2D eigenvalue weighted by molar-refractivity contribution is 6.74. The van der Waals surface area contributed by atoms with E-state index >= 15 is 0 Å². The molecule has 0 aromatic heterocycles. The first-order valence-corrected chi connectivity index (χ1v) is 8.30. The third kappa shape index (κ3) is 5.16. The molecular weight excluding hydrogens is 204 g/mol. The van der Waals surface area contributed by atoms with E-state index in [-0.39, 0.29) is 10.8 Å². The fraction of sp³-hybridized carbons (Fsp3) is 0.750. The lowest BCUT2D eigenvalue weighted by molar-refractivity contribution is -0.116. The second-order valence-corrected chi connectivity index (χ2v) is 10.5. The SMILES string of the molecule is CC(=O)C/C(C)=C/O[Si](C)(C)C(C)(C)C. The summed E-state index contributed by atoms with van der Waals surface area (Å²) in [6.07, 6.45) is 2.27. The maximum Gasteiger partial charge on any atom is 0.249 e. The second kappa shape index (κ2) is 4.97. The van der Waals surface area contributed by atoms with Crippen molar-refractivity contribution in [1.82, 2.24) is 0 Å². The highest BCUT2D eigenvalue weighted by Crippen LogP contribution is 2.36. The molecule has 88 valence electrons. The molecule has 0 saturated heterocycles. The van der Waals surface area contributed by atoms with E-state index in [0.29, 0.717) is 6.42 Å². The number of carbonyl (C=O) groups is 1. The maximum atomic E-state index is 10.9. The number of allylic oxidation sites excluding steroid dienone is 1. The molecule has 0 saturated carbocycles. The zero-order chi connectivity index (χ0) is 12.3. The van der Waals surface area contributed by atoms with E-state index in [1.54, 1.807) is 13.2 Å². The van der Waals surface area contributed by atoms with E-state index in [1.165, 1.54) is 0 Å². The second-order valence-electron chi connectivity index (χ2n) is 5.72. The number of carbonyl (C=O) groups excluding carboxylic acids is 1. The summed E-state index contributed by atoms with van der Waals surface area (Å²) < 4.78 is 5.88. The maximum absolute atomic E-state index is 10.9. The minimum Gasteiger partial charge on any atom is -0.549 e. The van der Waals surface area contributed by atoms with Crippen LogP contribution in [0.3, 0.4) is 0 Å². The quantitative estimate of drug-likeness (QED) is 0.539. The van der Waals surface area contributed by atoms with E-state index < -0.39 is 8.32 Å². The predicted molar refractivity (Wildman–Crippen MR) is 67.3 cm³/mol. The van der Waals surface area contributed by atoms with E-state index in [0.717, 1.165) is 5.57 Å². The average molecular weight is 228 g/mol. The van der Waals surface area contributed by atoms with Crippen molar-refractivity contribution in [2.75, 3.05) is 0 Å². The van der Waals surface area contributed by atoms with Gasteiger partial charge in [-0.15, -0.1) is 0 Å². The first kappa shape index (κ1) is 14.4. The molecule has 0 rings (SSSR count). The first-order valence-electron chi connectivity index (χ1n) is 5.39. The van der Waals surface area contributed by atoms with Gasteiger partial charge in [0, 0.05) is 6.42 Å². The summed E-state index contributed by atoms with van der Waals surface area (Å²) in [6.45, 7) is 14.5. The number of hydrogen-bond acceptors (Lipinski definition) is 2. The Bertz CT molecular complexity index is 259. The molecule has 2 nitrogen and oxygen atoms in total. The molecule has 3 heteroatoms. The molecule has 0 atom stereocenters. The molecule has 15 heavy (non-hydrogen) atoms. The summed E-state index contributed by atoms with van der Waals surface area (Å²) in [5.74, 6) is 0.183. The summed E-state index contributed by atoms with van der Waals surface area (Å²) in [7, 11) is -1.71. The van der Waals surface area contributed by atoms with Crippen molar-refractivity contribution >= 4 is 14.1 Å². The van der Waals surface area contributed by atoms with Crippen LogP contribution < -0.4 is 0 Å². The van der Waals surface area contributed by atoms with Crippen molar-refractivity contribution in [3.8, 4) is 0 Å². The largest absolute Gasteiger partial charge is 0.549 e. The minimum absolute atomic E-state index is 0.183. The number of rotatable bonds is 4. The van der Waals surface area contributed by atoms with Gasteiger partial charge in [0.25, 0.3) is 0 Å². The summed E-state index contributed by atoms with van der Waals surface area (Å²) in [4.78, 5) is 10.9. The van der Waals surface area contributed by atoms with Crippen LogP contribution in [0.15, 0.2) is 11.8 Å². The van der Waals surface area contributed by atoms with Gasteiger partial charge in [-0.2, -0.15) is 0 Å². The molecule has 0 N–H and O–H groups in total. The van der Waals surface area contributed by atoms with Crippen LogP contribution in [0.1, 0.15) is 41.0 Å². The Kier molecular flexibility index (Phi) is 4.78. The van der Waals surface area contributed by atoms with E-state index in [1.807, 2.05) is 6.92 Å². The summed E-state index contributed by atoms with van der Waals surface area (Å²) >= 11 is 0. The van der Waals surface area contributed by atoms with Crippen molar-refractivity contribution in [3.63, 3.8) is 0 Å².